The van der Waals surface area contributed by atoms with Crippen molar-refractivity contribution in [3.63, 3.8) is 0 Å². The van der Waals surface area contributed by atoms with Crippen LogP contribution in [0, 0.1) is 24.1 Å². The molecule has 0 unspecified atom stereocenters. The summed E-state index contributed by atoms with van der Waals surface area (Å²) in [6.45, 7) is 8.92. The first kappa shape index (κ1) is 27.5. The van der Waals surface area contributed by atoms with Gasteiger partial charge >= 0.3 is 6.09 Å². The highest BCUT2D eigenvalue weighted by molar-refractivity contribution is 7.10. The Bertz CT molecular complexity index is 1480. The summed E-state index contributed by atoms with van der Waals surface area (Å²) in [5, 5.41) is 28.8. The largest absolute Gasteiger partial charge is 0.444 e. The topological polar surface area (TPSA) is 143 Å². The van der Waals surface area contributed by atoms with Crippen molar-refractivity contribution in [3.8, 4) is 11.8 Å². The number of anilines is 3. The number of nitrogens with one attached hydrogen (secondary N) is 3. The molecule has 0 bridgehead atoms. The summed E-state index contributed by atoms with van der Waals surface area (Å²) >= 11 is 1.45. The van der Waals surface area contributed by atoms with Crippen LogP contribution in [0.4, 0.5) is 26.5 Å². The molecule has 0 saturated carbocycles. The maximum atomic E-state index is 15.2. The Kier molecular flexibility index (Phi) is 8.06. The Morgan fingerprint density at radius 3 is 2.62 bits per heavy atom. The minimum Gasteiger partial charge on any atom is -0.444 e. The number of hydrogen-bond acceptors (Lipinski definition) is 10. The van der Waals surface area contributed by atoms with Crippen LogP contribution in [-0.2, 0) is 4.74 Å². The second-order valence-corrected chi connectivity index (χ2v) is 10.7. The number of rotatable bonds is 8. The number of pyridine rings is 2. The van der Waals surface area contributed by atoms with Gasteiger partial charge in [0, 0.05) is 4.88 Å². The Morgan fingerprint density at radius 1 is 1.23 bits per heavy atom. The highest BCUT2D eigenvalue weighted by atomic mass is 32.1. The Hall–Kier alpha value is -4.57. The third-order valence-corrected chi connectivity index (χ3v) is 6.40. The fourth-order valence-electron chi connectivity index (χ4n) is 3.67. The number of aromatic nitrogens is 5. The van der Waals surface area contributed by atoms with Gasteiger partial charge in [0.05, 0.1) is 47.6 Å². The van der Waals surface area contributed by atoms with Crippen LogP contribution < -0.4 is 16.0 Å². The number of thiophene rings is 1. The zero-order valence-corrected chi connectivity index (χ0v) is 22.9. The molecule has 0 fully saturated rings. The van der Waals surface area contributed by atoms with E-state index in [4.69, 9.17) is 4.74 Å². The number of ether oxygens (including phenoxy) is 1. The molecule has 39 heavy (non-hydrogen) atoms. The van der Waals surface area contributed by atoms with Crippen molar-refractivity contribution in [1.29, 1.82) is 5.26 Å². The van der Waals surface area contributed by atoms with Crippen LogP contribution in [-0.4, -0.2) is 42.7 Å². The van der Waals surface area contributed by atoms with Crippen LogP contribution in [0.1, 0.15) is 49.9 Å². The normalized spacial score (nSPS) is 12.7. The van der Waals surface area contributed by atoms with E-state index in [0.717, 1.165) is 10.9 Å². The molecule has 13 heteroatoms. The Labute approximate surface area is 229 Å². The number of alkyl carbamates (subject to hydrolysis) is 1. The molecule has 3 N–H and O–H groups in total. The van der Waals surface area contributed by atoms with Crippen molar-refractivity contribution >= 4 is 34.8 Å². The van der Waals surface area contributed by atoms with Crippen LogP contribution in [0.15, 0.2) is 48.2 Å². The number of nitrogens with zero attached hydrogens (tertiary/aromatic N) is 6. The Morgan fingerprint density at radius 2 is 1.97 bits per heavy atom. The predicted molar refractivity (Wildman–Crippen MR) is 146 cm³/mol. The van der Waals surface area contributed by atoms with Gasteiger partial charge in [-0.2, -0.15) is 15.5 Å². The number of amides is 1. The molecular weight excluding hydrogens is 521 g/mol. The maximum Gasteiger partial charge on any atom is 0.407 e. The number of aryl methyl sites for hydroxylation is 1. The van der Waals surface area contributed by atoms with Crippen molar-refractivity contribution in [1.82, 2.24) is 30.3 Å². The molecule has 1 amide bonds. The first-order valence-electron chi connectivity index (χ1n) is 12.0. The van der Waals surface area contributed by atoms with Crippen LogP contribution >= 0.6 is 11.3 Å². The van der Waals surface area contributed by atoms with Crippen molar-refractivity contribution in [2.24, 2.45) is 0 Å². The fourth-order valence-corrected chi connectivity index (χ4v) is 4.56. The second kappa shape index (κ2) is 11.4. The minimum atomic E-state index is -0.716. The molecule has 4 rings (SSSR count). The molecule has 0 spiro atoms. The number of carbonyl (C=O) groups is 1. The minimum absolute atomic E-state index is 0.00462. The molecule has 0 aliphatic carbocycles. The third-order valence-electron chi connectivity index (χ3n) is 5.44. The van der Waals surface area contributed by atoms with Crippen LogP contribution in [0.25, 0.3) is 5.69 Å². The van der Waals surface area contributed by atoms with Crippen LogP contribution in [0.2, 0.25) is 0 Å². The van der Waals surface area contributed by atoms with E-state index in [1.807, 2.05) is 30.5 Å². The van der Waals surface area contributed by atoms with Crippen molar-refractivity contribution in [2.45, 2.75) is 52.3 Å². The predicted octanol–water partition coefficient (Wildman–Crippen LogP) is 5.25. The molecular formula is C26H28FN9O2S. The smallest absolute Gasteiger partial charge is 0.407 e. The van der Waals surface area contributed by atoms with Gasteiger partial charge in [-0.25, -0.2) is 14.2 Å². The van der Waals surface area contributed by atoms with Crippen LogP contribution in [0.5, 0.6) is 0 Å². The van der Waals surface area contributed by atoms with Crippen molar-refractivity contribution < 1.29 is 13.9 Å². The summed E-state index contributed by atoms with van der Waals surface area (Å²) in [4.78, 5) is 23.5. The average Bonchev–Trinajstić information content (AvgIpc) is 3.58. The molecule has 2 atom stereocenters. The van der Waals surface area contributed by atoms with Gasteiger partial charge in [-0.3, -0.25) is 4.98 Å². The summed E-state index contributed by atoms with van der Waals surface area (Å²) in [5.74, 6) is -0.683. The average molecular weight is 550 g/mol. The molecule has 202 valence electrons. The summed E-state index contributed by atoms with van der Waals surface area (Å²) in [6, 6.07) is 7.52. The lowest BCUT2D eigenvalue weighted by Crippen LogP contribution is -2.42. The molecule has 4 aromatic rings. The fraction of sp³-hybridized carbons (Fsp3) is 0.308. The molecule has 0 aliphatic heterocycles. The molecule has 4 heterocycles. The Balaban J connectivity index is 1.63. The van der Waals surface area contributed by atoms with E-state index >= 15 is 4.39 Å². The lowest BCUT2D eigenvalue weighted by atomic mass is 10.1. The summed E-state index contributed by atoms with van der Waals surface area (Å²) in [7, 11) is 0. The van der Waals surface area contributed by atoms with E-state index in [0.29, 0.717) is 17.1 Å². The van der Waals surface area contributed by atoms with Gasteiger partial charge in [0.15, 0.2) is 17.5 Å². The molecule has 0 radical (unpaired) electrons. The highest BCUT2D eigenvalue weighted by Crippen LogP contribution is 2.30. The first-order valence-corrected chi connectivity index (χ1v) is 12.9. The number of nitriles is 1. The highest BCUT2D eigenvalue weighted by Gasteiger charge is 2.26. The molecule has 11 nitrogen and oxygen atoms in total. The lowest BCUT2D eigenvalue weighted by Gasteiger charge is -2.28. The summed E-state index contributed by atoms with van der Waals surface area (Å²) < 4.78 is 20.5. The number of halogens is 1. The lowest BCUT2D eigenvalue weighted by molar-refractivity contribution is 0.0503. The van der Waals surface area contributed by atoms with Gasteiger partial charge in [-0.05, 0) is 58.2 Å². The number of carbonyl (C=O) groups excluding carboxylic acids is 1. The van der Waals surface area contributed by atoms with Gasteiger partial charge in [-0.1, -0.05) is 6.07 Å². The monoisotopic (exact) mass is 549 g/mol. The molecule has 0 aliphatic rings. The zero-order chi connectivity index (χ0) is 28.2. The van der Waals surface area contributed by atoms with Crippen molar-refractivity contribution in [2.75, 3.05) is 10.6 Å². The molecule has 0 saturated heterocycles. The SMILES string of the molecule is Cc1ncc(Nc2nc(N[C@H](c3cccs3)[C@H](C)NC(=O)OC(C)(C)C)c(F)cc2C#N)cc1-n1nccn1. The van der Waals surface area contributed by atoms with E-state index in [1.54, 1.807) is 52.4 Å². The zero-order valence-electron chi connectivity index (χ0n) is 22.1. The molecule has 4 aromatic heterocycles. The first-order chi connectivity index (χ1) is 18.5. The van der Waals surface area contributed by atoms with Gasteiger partial charge in [-0.15, -0.1) is 16.1 Å². The van der Waals surface area contributed by atoms with Crippen molar-refractivity contribution in [3.05, 3.63) is 70.2 Å². The van der Waals surface area contributed by atoms with E-state index in [-0.39, 0.29) is 17.2 Å². The number of hydrogen-bond donors (Lipinski definition) is 3. The van der Waals surface area contributed by atoms with Crippen LogP contribution in [0.3, 0.4) is 0 Å². The van der Waals surface area contributed by atoms with E-state index < -0.39 is 29.6 Å². The van der Waals surface area contributed by atoms with E-state index in [9.17, 15) is 10.1 Å². The van der Waals surface area contributed by atoms with Gasteiger partial charge < -0.3 is 20.7 Å². The molecule has 0 aromatic carbocycles. The summed E-state index contributed by atoms with van der Waals surface area (Å²) in [6.07, 6.45) is 4.08. The summed E-state index contributed by atoms with van der Waals surface area (Å²) in [5.41, 5.74) is 1.16. The quantitative estimate of drug-likeness (QED) is 0.269. The second-order valence-electron chi connectivity index (χ2n) is 9.67. The van der Waals surface area contributed by atoms with E-state index in [1.165, 1.54) is 16.1 Å². The van der Waals surface area contributed by atoms with Gasteiger partial charge in [0.1, 0.15) is 17.4 Å². The third kappa shape index (κ3) is 6.85. The standard InChI is InChI=1S/C26H28FN9O2S/c1-15-20(36-30-8-9-31-36)12-18(14-29-15)33-23-17(13-28)11-19(27)24(35-23)34-22(21-7-6-10-39-21)16(2)32-25(37)38-26(3,4)5/h6-12,14,16,22H,1-5H3,(H,32,37)(H2,33,34,35)/t16-,22-/m0/s1. The van der Waals surface area contributed by atoms with Gasteiger partial charge in [0.2, 0.25) is 0 Å². The maximum absolute atomic E-state index is 15.2. The van der Waals surface area contributed by atoms with Gasteiger partial charge in [0.25, 0.3) is 0 Å². The van der Waals surface area contributed by atoms with E-state index in [2.05, 4.69) is 36.1 Å².